The SMILES string of the molecule is CCC1c2ccsc2CCN1CCC(=O)Nc1cc(C)on1. The Bertz CT molecular complexity index is 649. The predicted molar refractivity (Wildman–Crippen MR) is 87.1 cm³/mol. The van der Waals surface area contributed by atoms with Gasteiger partial charge in [-0.05, 0) is 36.8 Å². The molecule has 1 amide bonds. The number of amides is 1. The molecule has 1 aliphatic heterocycles. The lowest BCUT2D eigenvalue weighted by atomic mass is 9.97. The summed E-state index contributed by atoms with van der Waals surface area (Å²) in [6.07, 6.45) is 2.64. The Labute approximate surface area is 134 Å². The molecule has 22 heavy (non-hydrogen) atoms. The van der Waals surface area contributed by atoms with Gasteiger partial charge in [0.1, 0.15) is 5.76 Å². The summed E-state index contributed by atoms with van der Waals surface area (Å²) in [5.74, 6) is 1.18. The summed E-state index contributed by atoms with van der Waals surface area (Å²) in [5.41, 5.74) is 1.45. The fraction of sp³-hybridized carbons (Fsp3) is 0.500. The fourth-order valence-electron chi connectivity index (χ4n) is 3.07. The number of hydrogen-bond donors (Lipinski definition) is 1. The molecule has 0 aromatic carbocycles. The van der Waals surface area contributed by atoms with Gasteiger partial charge in [0.15, 0.2) is 5.82 Å². The maximum absolute atomic E-state index is 12.0. The lowest BCUT2D eigenvalue weighted by molar-refractivity contribution is -0.116. The minimum Gasteiger partial charge on any atom is -0.360 e. The predicted octanol–water partition coefficient (Wildman–Crippen LogP) is 3.38. The quantitative estimate of drug-likeness (QED) is 0.918. The summed E-state index contributed by atoms with van der Waals surface area (Å²) in [5, 5.41) is 8.74. The third-order valence-electron chi connectivity index (χ3n) is 4.11. The molecule has 2 aromatic rings. The highest BCUT2D eigenvalue weighted by Crippen LogP contribution is 2.35. The van der Waals surface area contributed by atoms with Crippen LogP contribution in [0.15, 0.2) is 22.0 Å². The standard InChI is InChI=1S/C16H21N3O2S/c1-3-13-12-6-9-22-14(12)4-7-19(13)8-5-16(20)17-15-10-11(2)21-18-15/h6,9-10,13H,3-5,7-8H2,1-2H3,(H,17,18,20). The van der Waals surface area contributed by atoms with Crippen LogP contribution in [0.1, 0.15) is 42.0 Å². The molecule has 0 aliphatic carbocycles. The molecule has 1 aliphatic rings. The molecule has 1 unspecified atom stereocenters. The first-order chi connectivity index (χ1) is 10.7. The number of thiophene rings is 1. The summed E-state index contributed by atoms with van der Waals surface area (Å²) in [4.78, 5) is 16.0. The van der Waals surface area contributed by atoms with Gasteiger partial charge in [-0.25, -0.2) is 0 Å². The molecular formula is C16H21N3O2S. The van der Waals surface area contributed by atoms with Crippen molar-refractivity contribution in [2.45, 2.75) is 39.2 Å². The first-order valence-electron chi connectivity index (χ1n) is 7.71. The van der Waals surface area contributed by atoms with E-state index in [9.17, 15) is 4.79 Å². The molecule has 6 heteroatoms. The van der Waals surface area contributed by atoms with E-state index in [4.69, 9.17) is 4.52 Å². The van der Waals surface area contributed by atoms with Gasteiger partial charge in [0.2, 0.25) is 5.91 Å². The highest BCUT2D eigenvalue weighted by Gasteiger charge is 2.26. The van der Waals surface area contributed by atoms with E-state index in [0.717, 1.165) is 25.9 Å². The number of anilines is 1. The zero-order chi connectivity index (χ0) is 15.5. The molecule has 0 spiro atoms. The maximum Gasteiger partial charge on any atom is 0.226 e. The van der Waals surface area contributed by atoms with E-state index in [1.165, 1.54) is 10.4 Å². The van der Waals surface area contributed by atoms with Crippen molar-refractivity contribution in [2.75, 3.05) is 18.4 Å². The smallest absolute Gasteiger partial charge is 0.226 e. The number of carbonyl (C=O) groups is 1. The van der Waals surface area contributed by atoms with E-state index in [1.54, 1.807) is 13.0 Å². The lowest BCUT2D eigenvalue weighted by Crippen LogP contribution is -2.36. The number of aryl methyl sites for hydroxylation is 1. The minimum atomic E-state index is -0.0146. The first kappa shape index (κ1) is 15.2. The number of carbonyl (C=O) groups excluding carboxylic acids is 1. The summed E-state index contributed by atoms with van der Waals surface area (Å²) < 4.78 is 4.95. The Morgan fingerprint density at radius 1 is 1.59 bits per heavy atom. The van der Waals surface area contributed by atoms with Gasteiger partial charge in [0, 0.05) is 36.5 Å². The summed E-state index contributed by atoms with van der Waals surface area (Å²) in [6, 6.07) is 4.40. The highest BCUT2D eigenvalue weighted by molar-refractivity contribution is 7.10. The minimum absolute atomic E-state index is 0.0146. The average Bonchev–Trinajstić information content (AvgIpc) is 3.13. The summed E-state index contributed by atoms with van der Waals surface area (Å²) >= 11 is 1.85. The lowest BCUT2D eigenvalue weighted by Gasteiger charge is -2.35. The molecule has 0 radical (unpaired) electrons. The van der Waals surface area contributed by atoms with Crippen molar-refractivity contribution >= 4 is 23.1 Å². The van der Waals surface area contributed by atoms with Crippen LogP contribution in [0.25, 0.3) is 0 Å². The van der Waals surface area contributed by atoms with Crippen LogP contribution in [0, 0.1) is 6.92 Å². The van der Waals surface area contributed by atoms with E-state index in [1.807, 2.05) is 11.3 Å². The van der Waals surface area contributed by atoms with Crippen LogP contribution in [-0.2, 0) is 11.2 Å². The Balaban J connectivity index is 1.56. The van der Waals surface area contributed by atoms with E-state index in [0.29, 0.717) is 24.0 Å². The third-order valence-corrected chi connectivity index (χ3v) is 5.11. The Morgan fingerprint density at radius 2 is 2.45 bits per heavy atom. The number of fused-ring (bicyclic) bond motifs is 1. The Hall–Kier alpha value is -1.66. The molecule has 2 aromatic heterocycles. The summed E-state index contributed by atoms with van der Waals surface area (Å²) in [6.45, 7) is 5.82. The van der Waals surface area contributed by atoms with Crippen molar-refractivity contribution in [3.8, 4) is 0 Å². The van der Waals surface area contributed by atoms with Gasteiger partial charge in [-0.2, -0.15) is 0 Å². The molecule has 5 nitrogen and oxygen atoms in total. The molecule has 0 saturated heterocycles. The van der Waals surface area contributed by atoms with Crippen molar-refractivity contribution in [2.24, 2.45) is 0 Å². The van der Waals surface area contributed by atoms with Gasteiger partial charge in [-0.1, -0.05) is 12.1 Å². The highest BCUT2D eigenvalue weighted by atomic mass is 32.1. The van der Waals surface area contributed by atoms with Gasteiger partial charge >= 0.3 is 0 Å². The van der Waals surface area contributed by atoms with Crippen LogP contribution in [0.5, 0.6) is 0 Å². The van der Waals surface area contributed by atoms with Crippen molar-refractivity contribution in [3.63, 3.8) is 0 Å². The monoisotopic (exact) mass is 319 g/mol. The van der Waals surface area contributed by atoms with Crippen molar-refractivity contribution in [3.05, 3.63) is 33.7 Å². The molecule has 0 bridgehead atoms. The second kappa shape index (κ2) is 6.62. The molecule has 3 heterocycles. The van der Waals surface area contributed by atoms with Gasteiger partial charge in [-0.3, -0.25) is 9.69 Å². The van der Waals surface area contributed by atoms with Gasteiger partial charge < -0.3 is 9.84 Å². The fourth-order valence-corrected chi connectivity index (χ4v) is 4.00. The van der Waals surface area contributed by atoms with E-state index in [-0.39, 0.29) is 5.91 Å². The van der Waals surface area contributed by atoms with Crippen molar-refractivity contribution in [1.29, 1.82) is 0 Å². The second-order valence-corrected chi connectivity index (χ2v) is 6.63. The number of hydrogen-bond acceptors (Lipinski definition) is 5. The molecular weight excluding hydrogens is 298 g/mol. The molecule has 1 atom stereocenters. The van der Waals surface area contributed by atoms with Crippen LogP contribution in [0.3, 0.4) is 0 Å². The van der Waals surface area contributed by atoms with Crippen LogP contribution < -0.4 is 5.32 Å². The molecule has 3 rings (SSSR count). The topological polar surface area (TPSA) is 58.4 Å². The maximum atomic E-state index is 12.0. The molecule has 1 N–H and O–H groups in total. The van der Waals surface area contributed by atoms with Crippen molar-refractivity contribution in [1.82, 2.24) is 10.1 Å². The second-order valence-electron chi connectivity index (χ2n) is 5.63. The third kappa shape index (κ3) is 3.23. The zero-order valence-corrected chi connectivity index (χ0v) is 13.8. The number of aromatic nitrogens is 1. The van der Waals surface area contributed by atoms with E-state index in [2.05, 4.69) is 33.7 Å². The van der Waals surface area contributed by atoms with Crippen LogP contribution >= 0.6 is 11.3 Å². The van der Waals surface area contributed by atoms with Gasteiger partial charge in [0.05, 0.1) is 0 Å². The number of rotatable bonds is 5. The van der Waals surface area contributed by atoms with Crippen molar-refractivity contribution < 1.29 is 9.32 Å². The van der Waals surface area contributed by atoms with Gasteiger partial charge in [-0.15, -0.1) is 11.3 Å². The van der Waals surface area contributed by atoms with Crippen LogP contribution in [0.2, 0.25) is 0 Å². The average molecular weight is 319 g/mol. The van der Waals surface area contributed by atoms with E-state index >= 15 is 0 Å². The van der Waals surface area contributed by atoms with Gasteiger partial charge in [0.25, 0.3) is 0 Å². The largest absolute Gasteiger partial charge is 0.360 e. The Kier molecular flexibility index (Phi) is 4.59. The normalized spacial score (nSPS) is 18.2. The first-order valence-corrected chi connectivity index (χ1v) is 8.59. The molecule has 0 fully saturated rings. The number of nitrogens with zero attached hydrogens (tertiary/aromatic N) is 2. The molecule has 0 saturated carbocycles. The Morgan fingerprint density at radius 3 is 3.18 bits per heavy atom. The number of nitrogens with one attached hydrogen (secondary N) is 1. The van der Waals surface area contributed by atoms with Crippen LogP contribution in [0.4, 0.5) is 5.82 Å². The molecule has 118 valence electrons. The van der Waals surface area contributed by atoms with Crippen LogP contribution in [-0.4, -0.2) is 29.1 Å². The zero-order valence-electron chi connectivity index (χ0n) is 13.0. The van der Waals surface area contributed by atoms with E-state index < -0.39 is 0 Å². The summed E-state index contributed by atoms with van der Waals surface area (Å²) in [7, 11) is 0.